The number of benzene rings is 3. The van der Waals surface area contributed by atoms with Gasteiger partial charge in [0.2, 0.25) is 0 Å². The fourth-order valence-electron chi connectivity index (χ4n) is 3.88. The lowest BCUT2D eigenvalue weighted by atomic mass is 9.76. The van der Waals surface area contributed by atoms with Crippen LogP contribution < -0.4 is 4.90 Å². The first-order valence-corrected chi connectivity index (χ1v) is 9.88. The predicted molar refractivity (Wildman–Crippen MR) is 114 cm³/mol. The van der Waals surface area contributed by atoms with Gasteiger partial charge in [-0.3, -0.25) is 4.79 Å². The molecule has 1 heterocycles. The van der Waals surface area contributed by atoms with E-state index in [0.717, 1.165) is 24.3 Å². The molecule has 0 atom stereocenters. The van der Waals surface area contributed by atoms with Gasteiger partial charge in [-0.2, -0.15) is 0 Å². The van der Waals surface area contributed by atoms with E-state index in [0.29, 0.717) is 13.2 Å². The minimum absolute atomic E-state index is 0.101. The van der Waals surface area contributed by atoms with E-state index < -0.39 is 11.4 Å². The number of ether oxygens (including phenoxy) is 1. The van der Waals surface area contributed by atoms with Crippen molar-refractivity contribution in [2.24, 2.45) is 0 Å². The van der Waals surface area contributed by atoms with Gasteiger partial charge in [-0.1, -0.05) is 72.8 Å². The van der Waals surface area contributed by atoms with Crippen molar-refractivity contribution >= 4 is 11.7 Å². The Bertz CT molecular complexity index is 893. The molecule has 1 aliphatic heterocycles. The topological polar surface area (TPSA) is 49.8 Å². The Morgan fingerprint density at radius 1 is 0.828 bits per heavy atom. The predicted octanol–water partition coefficient (Wildman–Crippen LogP) is 4.64. The summed E-state index contributed by atoms with van der Waals surface area (Å²) in [5.41, 5.74) is 4.26. The molecule has 0 aliphatic carbocycles. The minimum atomic E-state index is -0.785. The molecule has 29 heavy (non-hydrogen) atoms. The maximum atomic E-state index is 11.3. The van der Waals surface area contributed by atoms with Gasteiger partial charge in [-0.25, -0.2) is 0 Å². The number of anilines is 1. The van der Waals surface area contributed by atoms with E-state index in [9.17, 15) is 9.90 Å². The van der Waals surface area contributed by atoms with E-state index >= 15 is 0 Å². The van der Waals surface area contributed by atoms with Crippen molar-refractivity contribution in [3.05, 3.63) is 102 Å². The lowest BCUT2D eigenvalue weighted by Gasteiger charge is -2.41. The number of carboxylic acids is 1. The summed E-state index contributed by atoms with van der Waals surface area (Å²) in [5, 5.41) is 9.28. The molecule has 0 unspecified atom stereocenters. The molecule has 3 aromatic carbocycles. The average Bonchev–Trinajstić information content (AvgIpc) is 2.72. The summed E-state index contributed by atoms with van der Waals surface area (Å²) in [4.78, 5) is 13.6. The lowest BCUT2D eigenvalue weighted by Crippen LogP contribution is -2.48. The van der Waals surface area contributed by atoms with Crippen LogP contribution in [0.2, 0.25) is 0 Å². The Hall–Kier alpha value is -3.11. The van der Waals surface area contributed by atoms with E-state index in [1.807, 2.05) is 12.1 Å². The number of carbonyl (C=O) groups is 1. The highest BCUT2D eigenvalue weighted by Crippen LogP contribution is 2.37. The zero-order valence-corrected chi connectivity index (χ0v) is 16.3. The van der Waals surface area contributed by atoms with Crippen molar-refractivity contribution in [2.45, 2.75) is 24.9 Å². The smallest absolute Gasteiger partial charge is 0.304 e. The van der Waals surface area contributed by atoms with E-state index in [-0.39, 0.29) is 6.42 Å². The van der Waals surface area contributed by atoms with E-state index in [1.54, 1.807) is 0 Å². The van der Waals surface area contributed by atoms with Gasteiger partial charge in [0.25, 0.3) is 0 Å². The highest BCUT2D eigenvalue weighted by atomic mass is 16.5. The molecule has 1 aliphatic rings. The molecule has 3 aromatic rings. The van der Waals surface area contributed by atoms with Gasteiger partial charge in [0.1, 0.15) is 0 Å². The van der Waals surface area contributed by atoms with Crippen LogP contribution in [0.5, 0.6) is 0 Å². The summed E-state index contributed by atoms with van der Waals surface area (Å²) in [7, 11) is 0. The summed E-state index contributed by atoms with van der Waals surface area (Å²) in [6.45, 7) is 2.55. The second kappa shape index (κ2) is 8.50. The number of hydrogen-bond donors (Lipinski definition) is 1. The number of carboxylic acid groups (broad SMARTS) is 1. The summed E-state index contributed by atoms with van der Waals surface area (Å²) in [5.74, 6) is -0.785. The molecule has 0 aromatic heterocycles. The van der Waals surface area contributed by atoms with E-state index in [4.69, 9.17) is 4.74 Å². The van der Waals surface area contributed by atoms with E-state index in [2.05, 4.69) is 77.7 Å². The number of hydrogen-bond acceptors (Lipinski definition) is 3. The number of nitrogens with zero attached hydrogens (tertiary/aromatic N) is 1. The van der Waals surface area contributed by atoms with Gasteiger partial charge in [0, 0.05) is 18.8 Å². The fraction of sp³-hybridized carbons (Fsp3) is 0.240. The first-order valence-electron chi connectivity index (χ1n) is 9.88. The van der Waals surface area contributed by atoms with Crippen LogP contribution >= 0.6 is 0 Å². The maximum Gasteiger partial charge on any atom is 0.304 e. The highest BCUT2D eigenvalue weighted by molar-refractivity contribution is 5.69. The molecule has 4 nitrogen and oxygen atoms in total. The Balaban J connectivity index is 1.59. The standard InChI is InChI=1S/C25H25NO3/c27-24(28)15-25(18-29-19-25)22-11-13-23(14-12-22)26(16-20-7-3-1-4-8-20)17-21-9-5-2-6-10-21/h1-14H,15-19H2,(H,27,28). The van der Waals surface area contributed by atoms with Crippen molar-refractivity contribution in [3.8, 4) is 0 Å². The quantitative estimate of drug-likeness (QED) is 0.612. The van der Waals surface area contributed by atoms with Crippen molar-refractivity contribution in [1.29, 1.82) is 0 Å². The summed E-state index contributed by atoms with van der Waals surface area (Å²) < 4.78 is 5.36. The van der Waals surface area contributed by atoms with Crippen molar-refractivity contribution < 1.29 is 14.6 Å². The van der Waals surface area contributed by atoms with Crippen LogP contribution in [0.1, 0.15) is 23.1 Å². The molecule has 1 N–H and O–H groups in total. The molecule has 0 amide bonds. The van der Waals surface area contributed by atoms with Gasteiger partial charge in [-0.05, 0) is 28.8 Å². The molecule has 4 rings (SSSR count). The Morgan fingerprint density at radius 3 is 1.76 bits per heavy atom. The SMILES string of the molecule is O=C(O)CC1(c2ccc(N(Cc3ccccc3)Cc3ccccc3)cc2)COC1. The normalized spacial score (nSPS) is 14.8. The molecule has 1 fully saturated rings. The Morgan fingerprint density at radius 2 is 1.34 bits per heavy atom. The third-order valence-corrected chi connectivity index (χ3v) is 5.52. The third kappa shape index (κ3) is 4.49. The molecule has 4 heteroatoms. The average molecular weight is 387 g/mol. The first-order chi connectivity index (χ1) is 14.1. The third-order valence-electron chi connectivity index (χ3n) is 5.52. The molecule has 0 saturated carbocycles. The largest absolute Gasteiger partial charge is 0.481 e. The zero-order chi connectivity index (χ0) is 20.1. The summed E-state index contributed by atoms with van der Waals surface area (Å²) >= 11 is 0. The summed E-state index contributed by atoms with van der Waals surface area (Å²) in [6.07, 6.45) is 0.101. The van der Waals surface area contributed by atoms with Crippen LogP contribution in [-0.2, 0) is 28.0 Å². The molecular formula is C25H25NO3. The molecule has 148 valence electrons. The number of rotatable bonds is 8. The van der Waals surface area contributed by atoms with Crippen LogP contribution in [0.15, 0.2) is 84.9 Å². The summed E-state index contributed by atoms with van der Waals surface area (Å²) in [6, 6.07) is 29.2. The molecule has 1 saturated heterocycles. The van der Waals surface area contributed by atoms with Crippen LogP contribution in [0.3, 0.4) is 0 Å². The van der Waals surface area contributed by atoms with Crippen LogP contribution in [0.4, 0.5) is 5.69 Å². The van der Waals surface area contributed by atoms with Crippen LogP contribution in [0.25, 0.3) is 0 Å². The highest BCUT2D eigenvalue weighted by Gasteiger charge is 2.42. The molecule has 0 bridgehead atoms. The van der Waals surface area contributed by atoms with Gasteiger partial charge in [-0.15, -0.1) is 0 Å². The minimum Gasteiger partial charge on any atom is -0.481 e. The van der Waals surface area contributed by atoms with Crippen LogP contribution in [0, 0.1) is 0 Å². The molecular weight excluding hydrogens is 362 g/mol. The Labute approximate surface area is 171 Å². The van der Waals surface area contributed by atoms with Gasteiger partial charge in [0.05, 0.1) is 25.0 Å². The second-order valence-corrected chi connectivity index (χ2v) is 7.72. The van der Waals surface area contributed by atoms with Gasteiger partial charge in [0.15, 0.2) is 0 Å². The van der Waals surface area contributed by atoms with Gasteiger partial charge < -0.3 is 14.7 Å². The monoisotopic (exact) mass is 387 g/mol. The van der Waals surface area contributed by atoms with Crippen molar-refractivity contribution in [1.82, 2.24) is 0 Å². The maximum absolute atomic E-state index is 11.3. The molecule has 0 radical (unpaired) electrons. The first kappa shape index (κ1) is 19.2. The lowest BCUT2D eigenvalue weighted by molar-refractivity contribution is -0.145. The second-order valence-electron chi connectivity index (χ2n) is 7.72. The number of aliphatic carboxylic acids is 1. The van der Waals surface area contributed by atoms with Crippen molar-refractivity contribution in [3.63, 3.8) is 0 Å². The molecule has 0 spiro atoms. The van der Waals surface area contributed by atoms with Crippen molar-refractivity contribution in [2.75, 3.05) is 18.1 Å². The fourth-order valence-corrected chi connectivity index (χ4v) is 3.88. The Kier molecular flexibility index (Phi) is 5.63. The van der Waals surface area contributed by atoms with Crippen LogP contribution in [-0.4, -0.2) is 24.3 Å². The van der Waals surface area contributed by atoms with E-state index in [1.165, 1.54) is 11.1 Å². The zero-order valence-electron chi connectivity index (χ0n) is 16.3. The van der Waals surface area contributed by atoms with Gasteiger partial charge >= 0.3 is 5.97 Å².